The number of piperidine rings is 1. The lowest BCUT2D eigenvalue weighted by molar-refractivity contribution is -0.139. The number of rotatable bonds is 4. The normalized spacial score (nSPS) is 23.2. The molecule has 2 unspecified atom stereocenters. The first-order valence-corrected chi connectivity index (χ1v) is 8.59. The number of hydrogen-bond acceptors (Lipinski definition) is 4. The topological polar surface area (TPSA) is 63.1 Å². The first-order chi connectivity index (χ1) is 10.7. The summed E-state index contributed by atoms with van der Waals surface area (Å²) in [6.07, 6.45) is 6.67. The van der Waals surface area contributed by atoms with Crippen LogP contribution in [0.5, 0.6) is 0 Å². The van der Waals surface area contributed by atoms with Crippen LogP contribution in [0.2, 0.25) is 0 Å². The lowest BCUT2D eigenvalue weighted by atomic mass is 9.98. The van der Waals surface area contributed by atoms with Crippen molar-refractivity contribution in [1.82, 2.24) is 25.0 Å². The molecule has 2 aliphatic rings. The van der Waals surface area contributed by atoms with Crippen LogP contribution in [0.3, 0.4) is 0 Å². The summed E-state index contributed by atoms with van der Waals surface area (Å²) in [6, 6.07) is 0.111. The van der Waals surface area contributed by atoms with E-state index in [1.165, 1.54) is 12.8 Å². The average Bonchev–Trinajstić information content (AvgIpc) is 2.98. The molecule has 1 N–H and O–H groups in total. The van der Waals surface area contributed by atoms with Gasteiger partial charge in [-0.15, -0.1) is 10.2 Å². The molecule has 1 fully saturated rings. The standard InChI is InChI=1S/C16H27N5O/c1-12(11-17-2)16(22)20-9-5-3-7-13(20)15-19-18-14-8-4-6-10-21(14)15/h12-13,17H,3-11H2,1-2H3. The van der Waals surface area contributed by atoms with E-state index in [1.807, 2.05) is 14.0 Å². The highest BCUT2D eigenvalue weighted by Crippen LogP contribution is 2.32. The Labute approximate surface area is 132 Å². The summed E-state index contributed by atoms with van der Waals surface area (Å²) < 4.78 is 2.27. The molecule has 1 saturated heterocycles. The van der Waals surface area contributed by atoms with Crippen molar-refractivity contribution in [3.63, 3.8) is 0 Å². The highest BCUT2D eigenvalue weighted by atomic mass is 16.2. The van der Waals surface area contributed by atoms with E-state index >= 15 is 0 Å². The van der Waals surface area contributed by atoms with Gasteiger partial charge in [0.2, 0.25) is 5.91 Å². The molecular formula is C16H27N5O. The molecule has 0 saturated carbocycles. The van der Waals surface area contributed by atoms with Crippen molar-refractivity contribution in [2.24, 2.45) is 5.92 Å². The van der Waals surface area contributed by atoms with Gasteiger partial charge in [-0.05, 0) is 39.2 Å². The number of amides is 1. The molecule has 2 atom stereocenters. The molecule has 0 bridgehead atoms. The first-order valence-electron chi connectivity index (χ1n) is 8.59. The fourth-order valence-corrected chi connectivity index (χ4v) is 3.72. The van der Waals surface area contributed by atoms with Gasteiger partial charge in [0.15, 0.2) is 5.82 Å². The van der Waals surface area contributed by atoms with Crippen LogP contribution >= 0.6 is 0 Å². The van der Waals surface area contributed by atoms with Gasteiger partial charge in [0, 0.05) is 32.0 Å². The second-order valence-electron chi connectivity index (χ2n) is 6.59. The number of aromatic nitrogens is 3. The van der Waals surface area contributed by atoms with Crippen molar-refractivity contribution < 1.29 is 4.79 Å². The molecule has 0 aromatic carbocycles. The average molecular weight is 305 g/mol. The van der Waals surface area contributed by atoms with E-state index in [0.29, 0.717) is 0 Å². The molecule has 122 valence electrons. The Morgan fingerprint density at radius 2 is 2.09 bits per heavy atom. The molecule has 22 heavy (non-hydrogen) atoms. The molecule has 1 aromatic heterocycles. The summed E-state index contributed by atoms with van der Waals surface area (Å²) >= 11 is 0. The van der Waals surface area contributed by atoms with Gasteiger partial charge < -0.3 is 14.8 Å². The minimum atomic E-state index is 0.00866. The third-order valence-electron chi connectivity index (χ3n) is 4.90. The number of fused-ring (bicyclic) bond motifs is 1. The largest absolute Gasteiger partial charge is 0.332 e. The molecule has 6 heteroatoms. The van der Waals surface area contributed by atoms with Crippen molar-refractivity contribution in [2.45, 2.75) is 58.0 Å². The van der Waals surface area contributed by atoms with Crippen molar-refractivity contribution in [1.29, 1.82) is 0 Å². The Hall–Kier alpha value is -1.43. The van der Waals surface area contributed by atoms with Crippen LogP contribution in [-0.2, 0) is 17.8 Å². The number of likely N-dealkylation sites (tertiary alicyclic amines) is 1. The van der Waals surface area contributed by atoms with E-state index in [4.69, 9.17) is 0 Å². The molecule has 0 radical (unpaired) electrons. The molecule has 6 nitrogen and oxygen atoms in total. The second-order valence-corrected chi connectivity index (χ2v) is 6.59. The van der Waals surface area contributed by atoms with Gasteiger partial charge >= 0.3 is 0 Å². The first kappa shape index (κ1) is 15.5. The highest BCUT2D eigenvalue weighted by molar-refractivity contribution is 5.79. The molecule has 1 aromatic rings. The van der Waals surface area contributed by atoms with Crippen molar-refractivity contribution >= 4 is 5.91 Å². The zero-order valence-corrected chi connectivity index (χ0v) is 13.7. The van der Waals surface area contributed by atoms with Gasteiger partial charge in [-0.2, -0.15) is 0 Å². The van der Waals surface area contributed by atoms with Crippen molar-refractivity contribution in [3.05, 3.63) is 11.6 Å². The van der Waals surface area contributed by atoms with Crippen molar-refractivity contribution in [2.75, 3.05) is 20.1 Å². The lowest BCUT2D eigenvalue weighted by Crippen LogP contribution is -2.44. The van der Waals surface area contributed by atoms with Gasteiger partial charge in [-0.1, -0.05) is 6.92 Å². The third kappa shape index (κ3) is 2.89. The van der Waals surface area contributed by atoms with Gasteiger partial charge in [-0.25, -0.2) is 0 Å². The number of nitrogens with one attached hydrogen (secondary N) is 1. The quantitative estimate of drug-likeness (QED) is 0.916. The van der Waals surface area contributed by atoms with E-state index in [-0.39, 0.29) is 17.9 Å². The van der Waals surface area contributed by atoms with Crippen LogP contribution in [0, 0.1) is 5.92 Å². The Morgan fingerprint density at radius 1 is 1.27 bits per heavy atom. The van der Waals surface area contributed by atoms with Gasteiger partial charge in [0.25, 0.3) is 0 Å². The Bertz CT molecular complexity index is 527. The summed E-state index contributed by atoms with van der Waals surface area (Å²) in [6.45, 7) is 4.58. The van der Waals surface area contributed by atoms with Crippen LogP contribution in [0.4, 0.5) is 0 Å². The third-order valence-corrected chi connectivity index (χ3v) is 4.90. The number of carbonyl (C=O) groups excluding carboxylic acids is 1. The maximum atomic E-state index is 12.8. The predicted molar refractivity (Wildman–Crippen MR) is 84.4 cm³/mol. The summed E-state index contributed by atoms with van der Waals surface area (Å²) in [4.78, 5) is 14.8. The Balaban J connectivity index is 1.83. The van der Waals surface area contributed by atoms with E-state index in [1.54, 1.807) is 0 Å². The molecular weight excluding hydrogens is 278 g/mol. The van der Waals surface area contributed by atoms with E-state index in [9.17, 15) is 4.79 Å². The maximum absolute atomic E-state index is 12.8. The SMILES string of the molecule is CNCC(C)C(=O)N1CCCCC1c1nnc2n1CCCC2. The second kappa shape index (κ2) is 6.77. The number of carbonyl (C=O) groups is 1. The van der Waals surface area contributed by atoms with E-state index in [2.05, 4.69) is 25.0 Å². The molecule has 1 amide bonds. The minimum absolute atomic E-state index is 0.00866. The summed E-state index contributed by atoms with van der Waals surface area (Å²) in [7, 11) is 1.90. The van der Waals surface area contributed by atoms with Crippen LogP contribution < -0.4 is 5.32 Å². The van der Waals surface area contributed by atoms with Gasteiger partial charge in [0.05, 0.1) is 6.04 Å². The zero-order valence-electron chi connectivity index (χ0n) is 13.7. The highest BCUT2D eigenvalue weighted by Gasteiger charge is 2.34. The number of aryl methyl sites for hydroxylation is 1. The zero-order chi connectivity index (χ0) is 15.5. The summed E-state index contributed by atoms with van der Waals surface area (Å²) in [5, 5.41) is 11.9. The lowest BCUT2D eigenvalue weighted by Gasteiger charge is -2.37. The van der Waals surface area contributed by atoms with Crippen molar-refractivity contribution in [3.8, 4) is 0 Å². The molecule has 3 heterocycles. The molecule has 0 spiro atoms. The predicted octanol–water partition coefficient (Wildman–Crippen LogP) is 1.52. The maximum Gasteiger partial charge on any atom is 0.227 e. The van der Waals surface area contributed by atoms with E-state index in [0.717, 1.165) is 57.0 Å². The molecule has 2 aliphatic heterocycles. The van der Waals surface area contributed by atoms with E-state index < -0.39 is 0 Å². The Morgan fingerprint density at radius 3 is 2.91 bits per heavy atom. The van der Waals surface area contributed by atoms with Crippen LogP contribution in [0.25, 0.3) is 0 Å². The molecule has 3 rings (SSSR count). The fraction of sp³-hybridized carbons (Fsp3) is 0.812. The molecule has 0 aliphatic carbocycles. The summed E-state index contributed by atoms with van der Waals surface area (Å²) in [5.74, 6) is 2.36. The summed E-state index contributed by atoms with van der Waals surface area (Å²) in [5.41, 5.74) is 0. The fourth-order valence-electron chi connectivity index (χ4n) is 3.72. The van der Waals surface area contributed by atoms with Gasteiger partial charge in [-0.3, -0.25) is 4.79 Å². The van der Waals surface area contributed by atoms with Crippen LogP contribution in [-0.4, -0.2) is 45.7 Å². The van der Waals surface area contributed by atoms with Gasteiger partial charge in [0.1, 0.15) is 5.82 Å². The smallest absolute Gasteiger partial charge is 0.227 e. The van der Waals surface area contributed by atoms with Crippen LogP contribution in [0.1, 0.15) is 56.7 Å². The monoisotopic (exact) mass is 305 g/mol. The van der Waals surface area contributed by atoms with Crippen LogP contribution in [0.15, 0.2) is 0 Å². The Kier molecular flexibility index (Phi) is 4.76. The number of nitrogens with zero attached hydrogens (tertiary/aromatic N) is 4. The number of hydrogen-bond donors (Lipinski definition) is 1. The minimum Gasteiger partial charge on any atom is -0.332 e.